The molecule has 0 aliphatic rings. The maximum absolute atomic E-state index is 11.4. The number of hydrogen-bond acceptors (Lipinski definition) is 3. The van der Waals surface area contributed by atoms with Crippen LogP contribution < -0.4 is 0 Å². The molecular weight excluding hydrogens is 358 g/mol. The molecule has 6 heteroatoms. The third-order valence-corrected chi connectivity index (χ3v) is 4.72. The third-order valence-electron chi connectivity index (χ3n) is 4.54. The number of aromatic amines is 1. The van der Waals surface area contributed by atoms with Gasteiger partial charge < -0.3 is 5.11 Å². The molecular formula is C21H23N3O2S. The normalized spacial score (nSPS) is 10.9. The fourth-order valence-corrected chi connectivity index (χ4v) is 3.35. The Balaban J connectivity index is 1.79. The van der Waals surface area contributed by atoms with Crippen molar-refractivity contribution in [3.63, 3.8) is 0 Å². The smallest absolute Gasteiger partial charge is 0.336 e. The minimum absolute atomic E-state index is 0.308. The fraction of sp³-hybridized carbons (Fsp3) is 0.286. The lowest BCUT2D eigenvalue weighted by molar-refractivity contribution is 0.0697. The molecule has 0 bridgehead atoms. The van der Waals surface area contributed by atoms with E-state index in [9.17, 15) is 9.90 Å². The molecule has 0 saturated heterocycles. The molecule has 0 atom stereocenters. The minimum Gasteiger partial charge on any atom is -0.478 e. The number of unbranched alkanes of at least 4 members (excludes halogenated alkanes) is 2. The highest BCUT2D eigenvalue weighted by molar-refractivity contribution is 7.71. The summed E-state index contributed by atoms with van der Waals surface area (Å²) in [6.45, 7) is 2.84. The van der Waals surface area contributed by atoms with Gasteiger partial charge in [-0.3, -0.25) is 9.78 Å². The first-order chi connectivity index (χ1) is 13.1. The van der Waals surface area contributed by atoms with E-state index in [0.717, 1.165) is 35.4 Å². The summed E-state index contributed by atoms with van der Waals surface area (Å²) < 4.78 is 2.51. The van der Waals surface area contributed by atoms with E-state index in [0.29, 0.717) is 16.9 Å². The van der Waals surface area contributed by atoms with Crippen LogP contribution in [0.1, 0.15) is 47.9 Å². The standard InChI is InChI=1S/C21H23N3O2S/c1-2-3-4-9-19-22-21(27)23-24(19)14-15-10-12-16(13-11-15)17-7-5-6-8-18(17)20(25)26/h5-8,10-13H,2-4,9,14H2,1H3,(H,23,27)(H,25,26). The Hall–Kier alpha value is -2.73. The van der Waals surface area contributed by atoms with Gasteiger partial charge in [0.2, 0.25) is 4.77 Å². The van der Waals surface area contributed by atoms with Crippen LogP contribution >= 0.6 is 12.2 Å². The molecule has 0 aliphatic carbocycles. The number of rotatable bonds is 8. The van der Waals surface area contributed by atoms with Gasteiger partial charge in [-0.1, -0.05) is 62.2 Å². The van der Waals surface area contributed by atoms with Gasteiger partial charge in [0.25, 0.3) is 0 Å². The molecule has 0 fully saturated rings. The lowest BCUT2D eigenvalue weighted by Crippen LogP contribution is -2.07. The van der Waals surface area contributed by atoms with Crippen LogP contribution in [-0.4, -0.2) is 25.8 Å². The first-order valence-corrected chi connectivity index (χ1v) is 9.56. The molecule has 0 unspecified atom stereocenters. The Bertz CT molecular complexity index is 974. The van der Waals surface area contributed by atoms with Gasteiger partial charge in [-0.05, 0) is 41.4 Å². The zero-order chi connectivity index (χ0) is 19.2. The lowest BCUT2D eigenvalue weighted by Gasteiger charge is -2.09. The van der Waals surface area contributed by atoms with E-state index in [-0.39, 0.29) is 0 Å². The van der Waals surface area contributed by atoms with Crippen LogP contribution in [0.15, 0.2) is 48.5 Å². The zero-order valence-electron chi connectivity index (χ0n) is 15.3. The average Bonchev–Trinajstić information content (AvgIpc) is 3.01. The SMILES string of the molecule is CCCCCc1nc(=S)[nH]n1Cc1ccc(-c2ccccc2C(=O)O)cc1. The van der Waals surface area contributed by atoms with Gasteiger partial charge in [0, 0.05) is 6.42 Å². The van der Waals surface area contributed by atoms with Crippen LogP contribution in [0.3, 0.4) is 0 Å². The number of nitrogens with zero attached hydrogens (tertiary/aromatic N) is 2. The van der Waals surface area contributed by atoms with Crippen molar-refractivity contribution in [3.05, 3.63) is 70.3 Å². The summed E-state index contributed by atoms with van der Waals surface area (Å²) in [6.07, 6.45) is 4.35. The highest BCUT2D eigenvalue weighted by Gasteiger charge is 2.11. The summed E-state index contributed by atoms with van der Waals surface area (Å²) in [4.78, 5) is 15.9. The second kappa shape index (κ2) is 8.77. The van der Waals surface area contributed by atoms with Gasteiger partial charge in [-0.2, -0.15) is 0 Å². The first kappa shape index (κ1) is 19.0. The summed E-state index contributed by atoms with van der Waals surface area (Å²) in [5.74, 6) is 0.0612. The second-order valence-corrected chi connectivity index (χ2v) is 6.92. The van der Waals surface area contributed by atoms with Crippen molar-refractivity contribution >= 4 is 18.2 Å². The largest absolute Gasteiger partial charge is 0.478 e. The quantitative estimate of drug-likeness (QED) is 0.421. The predicted molar refractivity (Wildman–Crippen MR) is 109 cm³/mol. The van der Waals surface area contributed by atoms with Crippen molar-refractivity contribution in [1.82, 2.24) is 14.8 Å². The lowest BCUT2D eigenvalue weighted by atomic mass is 9.99. The van der Waals surface area contributed by atoms with Gasteiger partial charge >= 0.3 is 5.97 Å². The van der Waals surface area contributed by atoms with E-state index in [1.54, 1.807) is 12.1 Å². The molecule has 0 amide bonds. The van der Waals surface area contributed by atoms with Crippen molar-refractivity contribution < 1.29 is 9.90 Å². The Kier molecular flexibility index (Phi) is 6.19. The van der Waals surface area contributed by atoms with Crippen molar-refractivity contribution in [1.29, 1.82) is 0 Å². The number of benzene rings is 2. The highest BCUT2D eigenvalue weighted by atomic mass is 32.1. The summed E-state index contributed by atoms with van der Waals surface area (Å²) in [5, 5.41) is 12.5. The topological polar surface area (TPSA) is 70.9 Å². The van der Waals surface area contributed by atoms with E-state index in [4.69, 9.17) is 12.2 Å². The van der Waals surface area contributed by atoms with E-state index in [1.165, 1.54) is 12.8 Å². The summed E-state index contributed by atoms with van der Waals surface area (Å²) in [7, 11) is 0. The van der Waals surface area contributed by atoms with Crippen LogP contribution in [0.2, 0.25) is 0 Å². The Morgan fingerprint density at radius 3 is 2.59 bits per heavy atom. The maximum Gasteiger partial charge on any atom is 0.336 e. The summed E-state index contributed by atoms with van der Waals surface area (Å²) >= 11 is 5.20. The monoisotopic (exact) mass is 381 g/mol. The second-order valence-electron chi connectivity index (χ2n) is 6.54. The van der Waals surface area contributed by atoms with Crippen LogP contribution in [0.5, 0.6) is 0 Å². The molecule has 2 aromatic carbocycles. The molecule has 0 aliphatic heterocycles. The van der Waals surface area contributed by atoms with Crippen LogP contribution in [0, 0.1) is 4.77 Å². The molecule has 0 saturated carbocycles. The molecule has 2 N–H and O–H groups in total. The number of H-pyrrole nitrogens is 1. The molecule has 0 radical (unpaired) electrons. The molecule has 27 heavy (non-hydrogen) atoms. The van der Waals surface area contributed by atoms with Crippen LogP contribution in [-0.2, 0) is 13.0 Å². The van der Waals surface area contributed by atoms with E-state index in [1.807, 2.05) is 41.1 Å². The molecule has 140 valence electrons. The first-order valence-electron chi connectivity index (χ1n) is 9.16. The number of carboxylic acids is 1. The number of nitrogens with one attached hydrogen (secondary N) is 1. The average molecular weight is 382 g/mol. The van der Waals surface area contributed by atoms with Crippen molar-refractivity contribution in [2.75, 3.05) is 0 Å². The van der Waals surface area contributed by atoms with Gasteiger partial charge in [0.15, 0.2) is 0 Å². The zero-order valence-corrected chi connectivity index (χ0v) is 16.1. The van der Waals surface area contributed by atoms with Gasteiger partial charge in [0.05, 0.1) is 12.1 Å². The summed E-state index contributed by atoms with van der Waals surface area (Å²) in [6, 6.07) is 15.0. The minimum atomic E-state index is -0.919. The van der Waals surface area contributed by atoms with Crippen molar-refractivity contribution in [2.24, 2.45) is 0 Å². The number of carbonyl (C=O) groups is 1. The van der Waals surface area contributed by atoms with Gasteiger partial charge in [-0.15, -0.1) is 0 Å². The molecule has 0 spiro atoms. The predicted octanol–water partition coefficient (Wildman–Crippen LogP) is 5.09. The van der Waals surface area contributed by atoms with Gasteiger partial charge in [0.1, 0.15) is 5.82 Å². The van der Waals surface area contributed by atoms with E-state index in [2.05, 4.69) is 17.0 Å². The summed E-state index contributed by atoms with van der Waals surface area (Å²) in [5.41, 5.74) is 3.02. The van der Waals surface area contributed by atoms with E-state index < -0.39 is 5.97 Å². The molecule has 3 rings (SSSR count). The van der Waals surface area contributed by atoms with E-state index >= 15 is 0 Å². The maximum atomic E-state index is 11.4. The van der Waals surface area contributed by atoms with Crippen LogP contribution in [0.4, 0.5) is 0 Å². The number of carboxylic acid groups (broad SMARTS) is 1. The van der Waals surface area contributed by atoms with Gasteiger partial charge in [-0.25, -0.2) is 9.78 Å². The third kappa shape index (κ3) is 4.71. The molecule has 1 heterocycles. The van der Waals surface area contributed by atoms with Crippen molar-refractivity contribution in [2.45, 2.75) is 39.2 Å². The number of aryl methyl sites for hydroxylation is 1. The van der Waals surface area contributed by atoms with Crippen LogP contribution in [0.25, 0.3) is 11.1 Å². The fourth-order valence-electron chi connectivity index (χ4n) is 3.13. The molecule has 1 aromatic heterocycles. The molecule has 5 nitrogen and oxygen atoms in total. The highest BCUT2D eigenvalue weighted by Crippen LogP contribution is 2.24. The number of hydrogen-bond donors (Lipinski definition) is 2. The number of aromatic carboxylic acids is 1. The Morgan fingerprint density at radius 1 is 1.15 bits per heavy atom. The number of aromatic nitrogens is 3. The van der Waals surface area contributed by atoms with Crippen molar-refractivity contribution in [3.8, 4) is 11.1 Å². The molecule has 3 aromatic rings. The Labute approximate surface area is 163 Å². The Morgan fingerprint density at radius 2 is 1.89 bits per heavy atom.